The summed E-state index contributed by atoms with van der Waals surface area (Å²) < 4.78 is 5.75. The fourth-order valence-corrected chi connectivity index (χ4v) is 3.66. The summed E-state index contributed by atoms with van der Waals surface area (Å²) in [6.45, 7) is 5.12. The largest absolute Gasteiger partial charge is 0.491 e. The highest BCUT2D eigenvalue weighted by Gasteiger charge is 2.33. The Labute approximate surface area is 130 Å². The molecule has 0 radical (unpaired) electrons. The quantitative estimate of drug-likeness (QED) is 0.924. The predicted molar refractivity (Wildman–Crippen MR) is 82.9 cm³/mol. The lowest BCUT2D eigenvalue weighted by Gasteiger charge is -2.24. The van der Waals surface area contributed by atoms with Crippen molar-refractivity contribution in [3.63, 3.8) is 0 Å². The van der Waals surface area contributed by atoms with Crippen molar-refractivity contribution < 1.29 is 4.74 Å². The van der Waals surface area contributed by atoms with Gasteiger partial charge in [-0.2, -0.15) is 0 Å². The summed E-state index contributed by atoms with van der Waals surface area (Å²) >= 11 is 12.0. The van der Waals surface area contributed by atoms with E-state index in [-0.39, 0.29) is 0 Å². The maximum absolute atomic E-state index is 6.09. The van der Waals surface area contributed by atoms with Gasteiger partial charge in [0.2, 0.25) is 0 Å². The van der Waals surface area contributed by atoms with Crippen LogP contribution in [0.25, 0.3) is 0 Å². The van der Waals surface area contributed by atoms with Gasteiger partial charge in [-0.15, -0.1) is 0 Å². The Balaban J connectivity index is 1.46. The first kappa shape index (κ1) is 14.5. The van der Waals surface area contributed by atoms with Crippen LogP contribution >= 0.6 is 23.2 Å². The highest BCUT2D eigenvalue weighted by Crippen LogP contribution is 2.28. The molecule has 2 atom stereocenters. The van der Waals surface area contributed by atoms with Crippen molar-refractivity contribution in [2.45, 2.75) is 18.9 Å². The van der Waals surface area contributed by atoms with Crippen LogP contribution in [0.15, 0.2) is 18.2 Å². The Morgan fingerprint density at radius 2 is 2.20 bits per heavy atom. The second kappa shape index (κ2) is 6.52. The van der Waals surface area contributed by atoms with Crippen molar-refractivity contribution in [2.24, 2.45) is 5.92 Å². The van der Waals surface area contributed by atoms with Crippen LogP contribution in [-0.4, -0.2) is 43.7 Å². The number of ether oxygens (including phenoxy) is 1. The zero-order valence-electron chi connectivity index (χ0n) is 11.4. The molecule has 2 aliphatic heterocycles. The van der Waals surface area contributed by atoms with Crippen molar-refractivity contribution in [3.05, 3.63) is 28.2 Å². The van der Waals surface area contributed by atoms with Crippen LogP contribution in [0.2, 0.25) is 10.0 Å². The summed E-state index contributed by atoms with van der Waals surface area (Å²) in [5.41, 5.74) is 0. The number of nitrogens with zero attached hydrogens (tertiary/aromatic N) is 1. The Kier molecular flexibility index (Phi) is 4.72. The first-order chi connectivity index (χ1) is 9.72. The smallest absolute Gasteiger partial charge is 0.138 e. The number of nitrogens with one attached hydrogen (secondary N) is 1. The van der Waals surface area contributed by atoms with Gasteiger partial charge in [-0.25, -0.2) is 0 Å². The highest BCUT2D eigenvalue weighted by atomic mass is 35.5. The number of piperidine rings is 1. The maximum Gasteiger partial charge on any atom is 0.138 e. The molecule has 0 spiro atoms. The van der Waals surface area contributed by atoms with Gasteiger partial charge in [0.05, 0.1) is 5.02 Å². The number of fused-ring (bicyclic) bond motifs is 1. The molecule has 5 heteroatoms. The predicted octanol–water partition coefficient (Wildman–Crippen LogP) is 3.06. The minimum Gasteiger partial charge on any atom is -0.491 e. The second-order valence-corrected chi connectivity index (χ2v) is 6.49. The molecule has 0 aromatic heterocycles. The van der Waals surface area contributed by atoms with Crippen LogP contribution < -0.4 is 10.1 Å². The summed E-state index contributed by atoms with van der Waals surface area (Å²) in [6, 6.07) is 6.03. The van der Waals surface area contributed by atoms with Gasteiger partial charge in [0.1, 0.15) is 12.4 Å². The number of benzene rings is 1. The van der Waals surface area contributed by atoms with E-state index in [1.807, 2.05) is 6.07 Å². The summed E-state index contributed by atoms with van der Waals surface area (Å²) in [4.78, 5) is 2.48. The van der Waals surface area contributed by atoms with Gasteiger partial charge in [0, 0.05) is 30.7 Å². The lowest BCUT2D eigenvalue weighted by atomic mass is 9.94. The van der Waals surface area contributed by atoms with E-state index < -0.39 is 0 Å². The molecule has 0 amide bonds. The molecular formula is C15H20Cl2N2O. The lowest BCUT2D eigenvalue weighted by Crippen LogP contribution is -2.40. The zero-order valence-corrected chi connectivity index (χ0v) is 13.0. The van der Waals surface area contributed by atoms with Crippen molar-refractivity contribution >= 4 is 23.2 Å². The van der Waals surface area contributed by atoms with E-state index in [2.05, 4.69) is 10.2 Å². The van der Waals surface area contributed by atoms with Crippen LogP contribution in [-0.2, 0) is 0 Å². The molecule has 3 rings (SSSR count). The molecule has 2 saturated heterocycles. The monoisotopic (exact) mass is 314 g/mol. The van der Waals surface area contributed by atoms with Gasteiger partial charge in [-0.05, 0) is 43.5 Å². The average molecular weight is 315 g/mol. The van der Waals surface area contributed by atoms with Gasteiger partial charge < -0.3 is 10.1 Å². The average Bonchev–Trinajstić information content (AvgIpc) is 2.84. The normalized spacial score (nSPS) is 26.5. The molecule has 2 aliphatic rings. The molecule has 1 N–H and O–H groups in total. The molecule has 0 bridgehead atoms. The molecular weight excluding hydrogens is 295 g/mol. The second-order valence-electron chi connectivity index (χ2n) is 5.65. The van der Waals surface area contributed by atoms with E-state index in [4.69, 9.17) is 27.9 Å². The van der Waals surface area contributed by atoms with Crippen LogP contribution in [0.5, 0.6) is 5.75 Å². The van der Waals surface area contributed by atoms with E-state index in [0.717, 1.165) is 19.0 Å². The lowest BCUT2D eigenvalue weighted by molar-refractivity contribution is 0.232. The number of rotatable bonds is 4. The molecule has 3 nitrogen and oxygen atoms in total. The van der Waals surface area contributed by atoms with Crippen LogP contribution in [0, 0.1) is 5.92 Å². The van der Waals surface area contributed by atoms with Crippen LogP contribution in [0.1, 0.15) is 12.8 Å². The molecule has 20 heavy (non-hydrogen) atoms. The Hall–Kier alpha value is -0.480. The molecule has 2 heterocycles. The number of halogens is 2. The van der Waals surface area contributed by atoms with E-state index in [0.29, 0.717) is 28.4 Å². The molecule has 1 aromatic carbocycles. The third-order valence-corrected chi connectivity index (χ3v) is 4.76. The van der Waals surface area contributed by atoms with Gasteiger partial charge in [-0.1, -0.05) is 23.2 Å². The molecule has 110 valence electrons. The van der Waals surface area contributed by atoms with Crippen LogP contribution in [0.4, 0.5) is 0 Å². The number of hydrogen-bond donors (Lipinski definition) is 1. The topological polar surface area (TPSA) is 24.5 Å². The fraction of sp³-hybridized carbons (Fsp3) is 0.600. The Morgan fingerprint density at radius 3 is 3.00 bits per heavy atom. The first-order valence-electron chi connectivity index (χ1n) is 7.26. The zero-order chi connectivity index (χ0) is 13.9. The summed E-state index contributed by atoms with van der Waals surface area (Å²) in [5, 5.41) is 4.83. The molecule has 1 aromatic rings. The maximum atomic E-state index is 6.09. The van der Waals surface area contributed by atoms with E-state index in [1.165, 1.54) is 25.9 Å². The molecule has 0 saturated carbocycles. The van der Waals surface area contributed by atoms with Gasteiger partial charge in [0.15, 0.2) is 0 Å². The highest BCUT2D eigenvalue weighted by molar-refractivity contribution is 6.35. The van der Waals surface area contributed by atoms with E-state index >= 15 is 0 Å². The minimum atomic E-state index is 0.578. The summed E-state index contributed by atoms with van der Waals surface area (Å²) in [6.07, 6.45) is 2.67. The fourth-order valence-electron chi connectivity index (χ4n) is 3.20. The SMILES string of the molecule is Clc1ccc(OCCN2C[C@@H]3CCCN[C@@H]3C2)c(Cl)c1. The standard InChI is InChI=1S/C15H20Cl2N2O/c16-12-3-4-15(13(17)8-12)20-7-6-19-9-11-2-1-5-18-14(11)10-19/h3-4,8,11,14,18H,1-2,5-7,9-10H2/t11-,14+/m0/s1. The Morgan fingerprint density at radius 1 is 1.30 bits per heavy atom. The third-order valence-electron chi connectivity index (χ3n) is 4.23. The number of likely N-dealkylation sites (tertiary alicyclic amines) is 1. The number of hydrogen-bond acceptors (Lipinski definition) is 3. The summed E-state index contributed by atoms with van der Waals surface area (Å²) in [5.74, 6) is 1.54. The van der Waals surface area contributed by atoms with Crippen molar-refractivity contribution in [1.29, 1.82) is 0 Å². The van der Waals surface area contributed by atoms with E-state index in [9.17, 15) is 0 Å². The van der Waals surface area contributed by atoms with Crippen molar-refractivity contribution in [3.8, 4) is 5.75 Å². The first-order valence-corrected chi connectivity index (χ1v) is 8.01. The van der Waals surface area contributed by atoms with Crippen molar-refractivity contribution in [1.82, 2.24) is 10.2 Å². The van der Waals surface area contributed by atoms with Gasteiger partial charge in [0.25, 0.3) is 0 Å². The van der Waals surface area contributed by atoms with Gasteiger partial charge in [-0.3, -0.25) is 4.90 Å². The Bertz CT molecular complexity index is 455. The third kappa shape index (κ3) is 3.40. The summed E-state index contributed by atoms with van der Waals surface area (Å²) in [7, 11) is 0. The van der Waals surface area contributed by atoms with Crippen LogP contribution in [0.3, 0.4) is 0 Å². The van der Waals surface area contributed by atoms with Crippen molar-refractivity contribution in [2.75, 3.05) is 32.8 Å². The molecule has 0 aliphatic carbocycles. The molecule has 2 fully saturated rings. The minimum absolute atomic E-state index is 0.578. The molecule has 0 unspecified atom stereocenters. The van der Waals surface area contributed by atoms with E-state index in [1.54, 1.807) is 12.1 Å². The van der Waals surface area contributed by atoms with Gasteiger partial charge >= 0.3 is 0 Å².